The molecule has 0 bridgehead atoms. The van der Waals surface area contributed by atoms with E-state index in [1.807, 2.05) is 36.4 Å². The number of rotatable bonds is 7. The number of amides is 1. The molecule has 2 heterocycles. The van der Waals surface area contributed by atoms with Gasteiger partial charge in [-0.2, -0.15) is 0 Å². The van der Waals surface area contributed by atoms with Gasteiger partial charge in [-0.1, -0.05) is 30.7 Å². The lowest BCUT2D eigenvalue weighted by Crippen LogP contribution is -2.24. The Morgan fingerprint density at radius 3 is 2.97 bits per heavy atom. The maximum atomic E-state index is 12.7. The molecule has 4 rings (SSSR count). The number of aromatic nitrogens is 3. The van der Waals surface area contributed by atoms with Gasteiger partial charge in [0.15, 0.2) is 5.65 Å². The third-order valence-corrected chi connectivity index (χ3v) is 5.45. The molecule has 1 N–H and O–H groups in total. The summed E-state index contributed by atoms with van der Waals surface area (Å²) in [5.41, 5.74) is 4.86. The van der Waals surface area contributed by atoms with Crippen molar-refractivity contribution in [2.45, 2.75) is 52.0 Å². The predicted octanol–water partition coefficient (Wildman–Crippen LogP) is 5.13. The fraction of sp³-hybridized carbons (Fsp3) is 0.375. The third-order valence-electron chi connectivity index (χ3n) is 5.45. The van der Waals surface area contributed by atoms with E-state index in [1.54, 1.807) is 6.20 Å². The van der Waals surface area contributed by atoms with Gasteiger partial charge in [0.05, 0.1) is 0 Å². The van der Waals surface area contributed by atoms with Gasteiger partial charge in [0.1, 0.15) is 11.3 Å². The Balaban J connectivity index is 1.52. The number of aryl methyl sites for hydroxylation is 1. The van der Waals surface area contributed by atoms with Crippen LogP contribution in [0.1, 0.15) is 55.8 Å². The normalized spacial score (nSPS) is 14.0. The van der Waals surface area contributed by atoms with E-state index in [0.717, 1.165) is 41.9 Å². The summed E-state index contributed by atoms with van der Waals surface area (Å²) in [4.78, 5) is 22.0. The fourth-order valence-electron chi connectivity index (χ4n) is 3.98. The Labute approximate surface area is 171 Å². The maximum Gasteiger partial charge on any atom is 0.251 e. The molecule has 5 heteroatoms. The highest BCUT2D eigenvalue weighted by Crippen LogP contribution is 2.25. The number of nitrogens with zero attached hydrogens (tertiary/aromatic N) is 3. The molecule has 1 aromatic carbocycles. The second kappa shape index (κ2) is 9.03. The number of nitrogens with one attached hydrogen (secondary N) is 1. The Hall–Kier alpha value is -2.95. The average molecular weight is 389 g/mol. The molecule has 0 unspecified atom stereocenters. The van der Waals surface area contributed by atoms with E-state index >= 15 is 0 Å². The third kappa shape index (κ3) is 4.39. The van der Waals surface area contributed by atoms with Crippen molar-refractivity contribution in [2.24, 2.45) is 0 Å². The zero-order valence-electron chi connectivity index (χ0n) is 17.0. The van der Waals surface area contributed by atoms with E-state index < -0.39 is 0 Å². The minimum Gasteiger partial charge on any atom is -0.352 e. The predicted molar refractivity (Wildman–Crippen MR) is 117 cm³/mol. The monoisotopic (exact) mass is 388 g/mol. The Bertz CT molecular complexity index is 1030. The number of imidazole rings is 1. The second-order valence-corrected chi connectivity index (χ2v) is 7.63. The van der Waals surface area contributed by atoms with Crippen LogP contribution in [0.4, 0.5) is 0 Å². The number of fused-ring (bicyclic) bond motifs is 1. The molecule has 1 amide bonds. The van der Waals surface area contributed by atoms with Crippen LogP contribution in [0, 0.1) is 0 Å². The van der Waals surface area contributed by atoms with Gasteiger partial charge in [0.2, 0.25) is 0 Å². The Morgan fingerprint density at radius 1 is 1.21 bits per heavy atom. The Morgan fingerprint density at radius 2 is 2.14 bits per heavy atom. The molecule has 0 saturated heterocycles. The molecule has 1 aliphatic carbocycles. The maximum absolute atomic E-state index is 12.7. The van der Waals surface area contributed by atoms with E-state index in [0.29, 0.717) is 12.1 Å². The number of carbonyl (C=O) groups is 1. The van der Waals surface area contributed by atoms with Crippen molar-refractivity contribution < 1.29 is 4.79 Å². The zero-order valence-corrected chi connectivity index (χ0v) is 17.0. The van der Waals surface area contributed by atoms with Gasteiger partial charge >= 0.3 is 0 Å². The first-order valence-corrected chi connectivity index (χ1v) is 10.6. The molecule has 3 aromatic rings. The summed E-state index contributed by atoms with van der Waals surface area (Å²) in [5.74, 6) is 0.835. The smallest absolute Gasteiger partial charge is 0.251 e. The SMILES string of the molecule is CCCn1c(-c2cccc(C(=O)NCCC3=CCCCC3)c2)nc2cccnc21. The molecular formula is C24H28N4O. The number of hydrogen-bond acceptors (Lipinski definition) is 3. The summed E-state index contributed by atoms with van der Waals surface area (Å²) < 4.78 is 2.14. The summed E-state index contributed by atoms with van der Waals surface area (Å²) >= 11 is 0. The van der Waals surface area contributed by atoms with E-state index in [1.165, 1.54) is 31.3 Å². The number of benzene rings is 1. The van der Waals surface area contributed by atoms with Gasteiger partial charge in [-0.3, -0.25) is 4.79 Å². The topological polar surface area (TPSA) is 59.8 Å². The van der Waals surface area contributed by atoms with Crippen LogP contribution in [0.3, 0.4) is 0 Å². The summed E-state index contributed by atoms with van der Waals surface area (Å²) in [6.07, 6.45) is 11.0. The highest BCUT2D eigenvalue weighted by molar-refractivity contribution is 5.95. The van der Waals surface area contributed by atoms with E-state index in [2.05, 4.69) is 27.9 Å². The first kappa shape index (κ1) is 19.4. The van der Waals surface area contributed by atoms with E-state index in [9.17, 15) is 4.79 Å². The minimum atomic E-state index is -0.0282. The summed E-state index contributed by atoms with van der Waals surface area (Å²) in [5, 5.41) is 3.07. The van der Waals surface area contributed by atoms with Gasteiger partial charge in [0, 0.05) is 30.4 Å². The van der Waals surface area contributed by atoms with Crippen molar-refractivity contribution in [1.82, 2.24) is 19.9 Å². The molecule has 29 heavy (non-hydrogen) atoms. The Kier molecular flexibility index (Phi) is 6.03. The van der Waals surface area contributed by atoms with Crippen LogP contribution in [0.5, 0.6) is 0 Å². The quantitative estimate of drug-likeness (QED) is 0.571. The van der Waals surface area contributed by atoms with Crippen LogP contribution >= 0.6 is 0 Å². The van der Waals surface area contributed by atoms with Gasteiger partial charge in [-0.05, 0) is 62.8 Å². The standard InChI is InChI=1S/C24H28N4O/c1-2-16-28-22(27-21-12-7-14-25-23(21)28)19-10-6-11-20(17-19)24(29)26-15-13-18-8-4-3-5-9-18/h6-8,10-12,14,17H,2-5,9,13,15-16H2,1H3,(H,26,29). The van der Waals surface area contributed by atoms with Crippen LogP contribution in [0.15, 0.2) is 54.2 Å². The average Bonchev–Trinajstić information content (AvgIpc) is 3.13. The summed E-state index contributed by atoms with van der Waals surface area (Å²) in [7, 11) is 0. The molecule has 150 valence electrons. The molecular weight excluding hydrogens is 360 g/mol. The minimum absolute atomic E-state index is 0.0282. The van der Waals surface area contributed by atoms with Gasteiger partial charge in [-0.25, -0.2) is 9.97 Å². The molecule has 0 saturated carbocycles. The van der Waals surface area contributed by atoms with Crippen LogP contribution in [-0.2, 0) is 6.54 Å². The highest BCUT2D eigenvalue weighted by atomic mass is 16.1. The van der Waals surface area contributed by atoms with Gasteiger partial charge in [-0.15, -0.1) is 0 Å². The molecule has 5 nitrogen and oxygen atoms in total. The molecule has 1 aliphatic rings. The van der Waals surface area contributed by atoms with Crippen molar-refractivity contribution in [3.8, 4) is 11.4 Å². The van der Waals surface area contributed by atoms with Crippen LogP contribution in [0.25, 0.3) is 22.6 Å². The summed E-state index contributed by atoms with van der Waals surface area (Å²) in [6, 6.07) is 11.6. The van der Waals surface area contributed by atoms with Crippen molar-refractivity contribution in [3.63, 3.8) is 0 Å². The molecule has 0 aliphatic heterocycles. The largest absolute Gasteiger partial charge is 0.352 e. The van der Waals surface area contributed by atoms with Crippen molar-refractivity contribution in [2.75, 3.05) is 6.54 Å². The van der Waals surface area contributed by atoms with E-state index in [4.69, 9.17) is 4.98 Å². The van der Waals surface area contributed by atoms with Gasteiger partial charge in [0.25, 0.3) is 5.91 Å². The molecule has 0 spiro atoms. The van der Waals surface area contributed by atoms with Crippen LogP contribution in [-0.4, -0.2) is 27.0 Å². The van der Waals surface area contributed by atoms with Crippen LogP contribution in [0.2, 0.25) is 0 Å². The first-order valence-electron chi connectivity index (χ1n) is 10.6. The second-order valence-electron chi connectivity index (χ2n) is 7.63. The fourth-order valence-corrected chi connectivity index (χ4v) is 3.98. The zero-order chi connectivity index (χ0) is 20.1. The number of pyridine rings is 1. The molecule has 2 aromatic heterocycles. The lowest BCUT2D eigenvalue weighted by Gasteiger charge is -2.13. The first-order chi connectivity index (χ1) is 14.3. The number of hydrogen-bond donors (Lipinski definition) is 1. The number of allylic oxidation sites excluding steroid dienone is 1. The molecule has 0 fully saturated rings. The molecule has 0 atom stereocenters. The van der Waals surface area contributed by atoms with Crippen molar-refractivity contribution in [3.05, 3.63) is 59.8 Å². The van der Waals surface area contributed by atoms with Gasteiger partial charge < -0.3 is 9.88 Å². The lowest BCUT2D eigenvalue weighted by molar-refractivity contribution is 0.0954. The molecule has 0 radical (unpaired) electrons. The van der Waals surface area contributed by atoms with E-state index in [-0.39, 0.29) is 5.91 Å². The lowest BCUT2D eigenvalue weighted by atomic mass is 9.97. The number of carbonyl (C=O) groups excluding carboxylic acids is 1. The van der Waals surface area contributed by atoms with Crippen molar-refractivity contribution >= 4 is 17.1 Å². The van der Waals surface area contributed by atoms with Crippen molar-refractivity contribution in [1.29, 1.82) is 0 Å². The highest BCUT2D eigenvalue weighted by Gasteiger charge is 2.15. The summed E-state index contributed by atoms with van der Waals surface area (Å²) in [6.45, 7) is 3.67. The van der Waals surface area contributed by atoms with Crippen LogP contribution < -0.4 is 5.32 Å².